The summed E-state index contributed by atoms with van der Waals surface area (Å²) >= 11 is 0. The van der Waals surface area contributed by atoms with Gasteiger partial charge in [0.25, 0.3) is 0 Å². The van der Waals surface area contributed by atoms with Crippen molar-refractivity contribution in [2.75, 3.05) is 19.8 Å². The minimum absolute atomic E-state index is 0.238. The molecular formula is C11H20N2O. The second-order valence-electron chi connectivity index (χ2n) is 3.78. The summed E-state index contributed by atoms with van der Waals surface area (Å²) in [5, 5.41) is 12.3. The van der Waals surface area contributed by atoms with Crippen molar-refractivity contribution in [2.45, 2.75) is 38.6 Å². The van der Waals surface area contributed by atoms with E-state index in [0.717, 1.165) is 39.0 Å². The Morgan fingerprint density at radius 2 is 2.36 bits per heavy atom. The van der Waals surface area contributed by atoms with Crippen LogP contribution in [0.25, 0.3) is 0 Å². The van der Waals surface area contributed by atoms with E-state index in [9.17, 15) is 0 Å². The van der Waals surface area contributed by atoms with Gasteiger partial charge in [-0.05, 0) is 32.7 Å². The molecule has 3 heteroatoms. The molecule has 1 rings (SSSR count). The minimum atomic E-state index is 0.238. The van der Waals surface area contributed by atoms with Gasteiger partial charge >= 0.3 is 0 Å². The number of rotatable bonds is 6. The molecule has 0 aromatic carbocycles. The molecule has 1 aliphatic carbocycles. The van der Waals surface area contributed by atoms with Gasteiger partial charge in [-0.1, -0.05) is 6.42 Å². The lowest BCUT2D eigenvalue weighted by Gasteiger charge is -2.15. The highest BCUT2D eigenvalue weighted by atomic mass is 16.5. The number of ether oxygens (including phenoxy) is 1. The summed E-state index contributed by atoms with van der Waals surface area (Å²) in [5.74, 6) is 0.238. The van der Waals surface area contributed by atoms with E-state index in [-0.39, 0.29) is 5.92 Å². The first kappa shape index (κ1) is 11.5. The summed E-state index contributed by atoms with van der Waals surface area (Å²) < 4.78 is 5.25. The average Bonchev–Trinajstić information content (AvgIpc) is 2.65. The number of nitrogens with one attached hydrogen (secondary N) is 1. The van der Waals surface area contributed by atoms with Gasteiger partial charge < -0.3 is 10.1 Å². The third kappa shape index (κ3) is 3.65. The Hall–Kier alpha value is -0.590. The van der Waals surface area contributed by atoms with Gasteiger partial charge in [-0.2, -0.15) is 5.26 Å². The van der Waals surface area contributed by atoms with Gasteiger partial charge in [0, 0.05) is 19.3 Å². The molecule has 0 saturated heterocycles. The topological polar surface area (TPSA) is 45.0 Å². The van der Waals surface area contributed by atoms with E-state index in [1.807, 2.05) is 6.92 Å². The van der Waals surface area contributed by atoms with Crippen LogP contribution < -0.4 is 5.32 Å². The highest BCUT2D eigenvalue weighted by Gasteiger charge is 2.25. The Labute approximate surface area is 86.4 Å². The maximum atomic E-state index is 8.86. The summed E-state index contributed by atoms with van der Waals surface area (Å²) in [6, 6.07) is 2.80. The highest BCUT2D eigenvalue weighted by molar-refractivity contribution is 4.96. The Balaban J connectivity index is 2.03. The van der Waals surface area contributed by atoms with Crippen LogP contribution in [0.5, 0.6) is 0 Å². The lowest BCUT2D eigenvalue weighted by molar-refractivity contribution is 0.144. The van der Waals surface area contributed by atoms with Crippen molar-refractivity contribution in [2.24, 2.45) is 5.92 Å². The molecule has 0 aromatic heterocycles. The molecule has 80 valence electrons. The maximum absolute atomic E-state index is 8.86. The quantitative estimate of drug-likeness (QED) is 0.658. The van der Waals surface area contributed by atoms with Gasteiger partial charge in [-0.25, -0.2) is 0 Å². The van der Waals surface area contributed by atoms with Crippen LogP contribution in [0.4, 0.5) is 0 Å². The first-order valence-electron chi connectivity index (χ1n) is 5.59. The van der Waals surface area contributed by atoms with E-state index >= 15 is 0 Å². The predicted molar refractivity (Wildman–Crippen MR) is 55.9 cm³/mol. The summed E-state index contributed by atoms with van der Waals surface area (Å²) in [7, 11) is 0. The minimum Gasteiger partial charge on any atom is -0.382 e. The fraction of sp³-hybridized carbons (Fsp3) is 0.909. The molecule has 0 heterocycles. The third-order valence-corrected chi connectivity index (χ3v) is 2.76. The molecule has 1 fully saturated rings. The first-order chi connectivity index (χ1) is 6.88. The molecule has 14 heavy (non-hydrogen) atoms. The zero-order chi connectivity index (χ0) is 10.2. The van der Waals surface area contributed by atoms with Gasteiger partial charge in [0.2, 0.25) is 0 Å². The lowest BCUT2D eigenvalue weighted by Crippen LogP contribution is -2.32. The summed E-state index contributed by atoms with van der Waals surface area (Å²) in [6.07, 6.45) is 4.47. The SMILES string of the molecule is CCOCCCNC1CCCC1C#N. The second-order valence-corrected chi connectivity index (χ2v) is 3.78. The largest absolute Gasteiger partial charge is 0.382 e. The first-order valence-corrected chi connectivity index (χ1v) is 5.59. The van der Waals surface area contributed by atoms with Crippen LogP contribution in [-0.4, -0.2) is 25.8 Å². The number of nitrogens with zero attached hydrogens (tertiary/aromatic N) is 1. The summed E-state index contributed by atoms with van der Waals surface area (Å²) in [5.41, 5.74) is 0. The molecule has 0 bridgehead atoms. The van der Waals surface area contributed by atoms with E-state index in [2.05, 4.69) is 11.4 Å². The smallest absolute Gasteiger partial charge is 0.0672 e. The standard InChI is InChI=1S/C11H20N2O/c1-2-14-8-4-7-13-11-6-3-5-10(11)9-12/h10-11,13H,2-8H2,1H3. The molecule has 2 atom stereocenters. The Morgan fingerprint density at radius 1 is 1.50 bits per heavy atom. The van der Waals surface area contributed by atoms with Crippen LogP contribution in [0.3, 0.4) is 0 Å². The van der Waals surface area contributed by atoms with E-state index in [1.165, 1.54) is 6.42 Å². The van der Waals surface area contributed by atoms with Crippen molar-refractivity contribution in [1.29, 1.82) is 5.26 Å². The molecule has 0 aromatic rings. The lowest BCUT2D eigenvalue weighted by atomic mass is 10.1. The molecule has 3 nitrogen and oxygen atoms in total. The molecule has 0 aliphatic heterocycles. The van der Waals surface area contributed by atoms with E-state index < -0.39 is 0 Å². The van der Waals surface area contributed by atoms with Crippen LogP contribution in [0, 0.1) is 17.2 Å². The molecular weight excluding hydrogens is 176 g/mol. The Kier molecular flexibility index (Phi) is 5.58. The monoisotopic (exact) mass is 196 g/mol. The number of hydrogen-bond donors (Lipinski definition) is 1. The molecule has 2 unspecified atom stereocenters. The molecule has 0 radical (unpaired) electrons. The van der Waals surface area contributed by atoms with Crippen molar-refractivity contribution in [3.05, 3.63) is 0 Å². The number of hydrogen-bond acceptors (Lipinski definition) is 3. The zero-order valence-electron chi connectivity index (χ0n) is 8.96. The van der Waals surface area contributed by atoms with Crippen LogP contribution in [0.15, 0.2) is 0 Å². The Morgan fingerprint density at radius 3 is 3.07 bits per heavy atom. The molecule has 1 aliphatic rings. The van der Waals surface area contributed by atoms with Crippen molar-refractivity contribution < 1.29 is 4.74 Å². The van der Waals surface area contributed by atoms with Gasteiger partial charge in [-0.15, -0.1) is 0 Å². The van der Waals surface area contributed by atoms with Crippen molar-refractivity contribution >= 4 is 0 Å². The number of nitriles is 1. The maximum Gasteiger partial charge on any atom is 0.0672 e. The van der Waals surface area contributed by atoms with Gasteiger partial charge in [0.05, 0.1) is 12.0 Å². The van der Waals surface area contributed by atoms with Crippen molar-refractivity contribution in [1.82, 2.24) is 5.32 Å². The highest BCUT2D eigenvalue weighted by Crippen LogP contribution is 2.24. The van der Waals surface area contributed by atoms with E-state index in [4.69, 9.17) is 10.00 Å². The average molecular weight is 196 g/mol. The molecule has 1 saturated carbocycles. The van der Waals surface area contributed by atoms with E-state index in [0.29, 0.717) is 6.04 Å². The van der Waals surface area contributed by atoms with Gasteiger partial charge in [0.15, 0.2) is 0 Å². The van der Waals surface area contributed by atoms with Gasteiger partial charge in [0.1, 0.15) is 0 Å². The normalized spacial score (nSPS) is 26.3. The third-order valence-electron chi connectivity index (χ3n) is 2.76. The molecule has 0 spiro atoms. The zero-order valence-corrected chi connectivity index (χ0v) is 8.96. The summed E-state index contributed by atoms with van der Waals surface area (Å²) in [4.78, 5) is 0. The fourth-order valence-corrected chi connectivity index (χ4v) is 1.96. The van der Waals surface area contributed by atoms with Crippen molar-refractivity contribution in [3.8, 4) is 6.07 Å². The van der Waals surface area contributed by atoms with Crippen LogP contribution in [-0.2, 0) is 4.74 Å². The molecule has 1 N–H and O–H groups in total. The van der Waals surface area contributed by atoms with Crippen molar-refractivity contribution in [3.63, 3.8) is 0 Å². The fourth-order valence-electron chi connectivity index (χ4n) is 1.96. The van der Waals surface area contributed by atoms with Crippen LogP contribution >= 0.6 is 0 Å². The van der Waals surface area contributed by atoms with Gasteiger partial charge in [-0.3, -0.25) is 0 Å². The Bertz CT molecular complexity index is 188. The second kappa shape index (κ2) is 6.80. The molecule has 0 amide bonds. The predicted octanol–water partition coefficient (Wildman–Crippen LogP) is 1.69. The van der Waals surface area contributed by atoms with Crippen LogP contribution in [0.1, 0.15) is 32.6 Å². The van der Waals surface area contributed by atoms with E-state index in [1.54, 1.807) is 0 Å². The summed E-state index contributed by atoms with van der Waals surface area (Å²) in [6.45, 7) is 4.61. The van der Waals surface area contributed by atoms with Crippen LogP contribution in [0.2, 0.25) is 0 Å².